The molecule has 0 radical (unpaired) electrons. The Hall–Kier alpha value is -2.62. The molecule has 5 heteroatoms. The third-order valence-corrected chi connectivity index (χ3v) is 6.27. The molecule has 3 aromatic carbocycles. The lowest BCUT2D eigenvalue weighted by atomic mass is 9.86. The number of aliphatic imine (C=N–C) groups is 1. The van der Waals surface area contributed by atoms with Crippen molar-refractivity contribution in [3.63, 3.8) is 0 Å². The van der Waals surface area contributed by atoms with Gasteiger partial charge in [0.25, 0.3) is 0 Å². The maximum atomic E-state index is 13.2. The van der Waals surface area contributed by atoms with Crippen LogP contribution in [0.4, 0.5) is 5.69 Å². The zero-order chi connectivity index (χ0) is 22.2. The van der Waals surface area contributed by atoms with E-state index in [1.165, 1.54) is 17.8 Å². The van der Waals surface area contributed by atoms with E-state index < -0.39 is 0 Å². The first-order chi connectivity index (χ1) is 14.1. The number of hydrogen-bond acceptors (Lipinski definition) is 3. The van der Waals surface area contributed by atoms with Crippen molar-refractivity contribution in [2.45, 2.75) is 34.6 Å². The molecule has 0 saturated carbocycles. The number of benzene rings is 3. The van der Waals surface area contributed by atoms with Crippen LogP contribution in [-0.2, 0) is 0 Å². The monoisotopic (exact) mass is 439 g/mol. The first-order valence-electron chi connectivity index (χ1n) is 9.55. The Morgan fingerprint density at radius 1 is 0.867 bits per heavy atom. The van der Waals surface area contributed by atoms with Gasteiger partial charge in [-0.15, -0.1) is 0 Å². The molecule has 154 valence electrons. The van der Waals surface area contributed by atoms with Crippen LogP contribution in [0.1, 0.15) is 49.3 Å². The maximum Gasteiger partial charge on any atom is 0.193 e. The first kappa shape index (κ1) is 22.1. The summed E-state index contributed by atoms with van der Waals surface area (Å²) in [4.78, 5) is 17.6. The molecular weight excluding hydrogens is 417 g/mol. The van der Waals surface area contributed by atoms with Gasteiger partial charge in [-0.05, 0) is 98.8 Å². The topological polar surface area (TPSA) is 49.7 Å². The van der Waals surface area contributed by atoms with Gasteiger partial charge in [-0.3, -0.25) is 9.79 Å². The highest BCUT2D eigenvalue weighted by atomic mass is 35.5. The minimum Gasteiger partial charge on any atom is -0.506 e. The Kier molecular flexibility index (Phi) is 6.35. The molecule has 3 nitrogen and oxygen atoms in total. The average Bonchev–Trinajstić information content (AvgIpc) is 2.72. The highest BCUT2D eigenvalue weighted by Gasteiger charge is 2.19. The molecule has 1 N–H and O–H groups in total. The number of phenolic OH excluding ortho intramolecular Hbond substituents is 1. The minimum atomic E-state index is -0.0762. The normalized spacial score (nSPS) is 11.3. The number of phenols is 1. The van der Waals surface area contributed by atoms with Crippen molar-refractivity contribution >= 4 is 40.9 Å². The zero-order valence-corrected chi connectivity index (χ0v) is 19.1. The third kappa shape index (κ3) is 4.14. The molecule has 0 aliphatic carbocycles. The van der Waals surface area contributed by atoms with E-state index >= 15 is 0 Å². The summed E-state index contributed by atoms with van der Waals surface area (Å²) in [5, 5.41) is 10.6. The van der Waals surface area contributed by atoms with Crippen LogP contribution in [0, 0.1) is 34.6 Å². The summed E-state index contributed by atoms with van der Waals surface area (Å²) in [7, 11) is 0. The Labute approximate surface area is 187 Å². The third-order valence-electron chi connectivity index (χ3n) is 5.77. The van der Waals surface area contributed by atoms with E-state index in [9.17, 15) is 9.90 Å². The fourth-order valence-corrected chi connectivity index (χ4v) is 4.02. The van der Waals surface area contributed by atoms with Gasteiger partial charge in [0.1, 0.15) is 5.75 Å². The second kappa shape index (κ2) is 8.63. The van der Waals surface area contributed by atoms with Crippen LogP contribution in [0.3, 0.4) is 0 Å². The van der Waals surface area contributed by atoms with Gasteiger partial charge in [0.15, 0.2) is 5.78 Å². The van der Waals surface area contributed by atoms with Gasteiger partial charge in [0.05, 0.1) is 10.7 Å². The van der Waals surface area contributed by atoms with Crippen molar-refractivity contribution in [2.24, 2.45) is 4.99 Å². The van der Waals surface area contributed by atoms with Gasteiger partial charge in [-0.1, -0.05) is 23.2 Å². The predicted molar refractivity (Wildman–Crippen MR) is 125 cm³/mol. The first-order valence-corrected chi connectivity index (χ1v) is 10.3. The molecule has 0 heterocycles. The van der Waals surface area contributed by atoms with Crippen LogP contribution < -0.4 is 0 Å². The van der Waals surface area contributed by atoms with Gasteiger partial charge in [-0.25, -0.2) is 0 Å². The quantitative estimate of drug-likeness (QED) is 0.344. The Balaban J connectivity index is 1.91. The molecule has 0 aromatic heterocycles. The Morgan fingerprint density at radius 3 is 1.97 bits per heavy atom. The molecular formula is C25H23Cl2NO2. The molecule has 0 spiro atoms. The number of ketones is 1. The smallest absolute Gasteiger partial charge is 0.193 e. The van der Waals surface area contributed by atoms with Gasteiger partial charge in [0, 0.05) is 27.9 Å². The van der Waals surface area contributed by atoms with Crippen molar-refractivity contribution in [2.75, 3.05) is 0 Å². The lowest BCUT2D eigenvalue weighted by Crippen LogP contribution is -2.10. The van der Waals surface area contributed by atoms with Crippen LogP contribution >= 0.6 is 23.2 Å². The number of nitrogens with zero attached hydrogens (tertiary/aromatic N) is 1. The van der Waals surface area contributed by atoms with Crippen molar-refractivity contribution in [3.05, 3.63) is 91.0 Å². The molecule has 0 aliphatic rings. The Morgan fingerprint density at radius 2 is 1.40 bits per heavy atom. The lowest BCUT2D eigenvalue weighted by molar-refractivity contribution is 0.103. The molecule has 0 aliphatic heterocycles. The van der Waals surface area contributed by atoms with Crippen LogP contribution in [0.5, 0.6) is 5.75 Å². The van der Waals surface area contributed by atoms with Crippen LogP contribution in [0.25, 0.3) is 0 Å². The van der Waals surface area contributed by atoms with E-state index in [0.717, 1.165) is 27.8 Å². The molecule has 30 heavy (non-hydrogen) atoms. The molecule has 0 bridgehead atoms. The van der Waals surface area contributed by atoms with E-state index in [1.54, 1.807) is 30.3 Å². The number of carbonyl (C=O) groups excluding carboxylic acids is 1. The van der Waals surface area contributed by atoms with Crippen molar-refractivity contribution < 1.29 is 9.90 Å². The highest BCUT2D eigenvalue weighted by Crippen LogP contribution is 2.31. The minimum absolute atomic E-state index is 0.00555. The van der Waals surface area contributed by atoms with Gasteiger partial charge >= 0.3 is 0 Å². The van der Waals surface area contributed by atoms with Gasteiger partial charge in [-0.2, -0.15) is 0 Å². The van der Waals surface area contributed by atoms with Crippen molar-refractivity contribution in [1.82, 2.24) is 0 Å². The van der Waals surface area contributed by atoms with Crippen LogP contribution in [0.15, 0.2) is 41.4 Å². The van der Waals surface area contributed by atoms with E-state index in [-0.39, 0.29) is 16.6 Å². The predicted octanol–water partition coefficient (Wildman–Crippen LogP) is 7.22. The second-order valence-electron chi connectivity index (χ2n) is 7.46. The van der Waals surface area contributed by atoms with E-state index in [4.69, 9.17) is 23.2 Å². The molecule has 3 aromatic rings. The van der Waals surface area contributed by atoms with Crippen molar-refractivity contribution in [1.29, 1.82) is 0 Å². The molecule has 0 unspecified atom stereocenters. The fourth-order valence-electron chi connectivity index (χ4n) is 3.51. The summed E-state index contributed by atoms with van der Waals surface area (Å²) in [6.45, 7) is 10.2. The second-order valence-corrected chi connectivity index (χ2v) is 8.30. The van der Waals surface area contributed by atoms with E-state index in [2.05, 4.69) is 25.8 Å². The molecule has 0 fully saturated rings. The van der Waals surface area contributed by atoms with Gasteiger partial charge < -0.3 is 5.11 Å². The maximum absolute atomic E-state index is 13.2. The summed E-state index contributed by atoms with van der Waals surface area (Å²) < 4.78 is 0. The number of hydrogen-bond donors (Lipinski definition) is 1. The highest BCUT2D eigenvalue weighted by molar-refractivity contribution is 6.36. The fraction of sp³-hybridized carbons (Fsp3) is 0.200. The van der Waals surface area contributed by atoms with Crippen molar-refractivity contribution in [3.8, 4) is 5.75 Å². The summed E-state index contributed by atoms with van der Waals surface area (Å²) in [6.07, 6.45) is 1.49. The summed E-state index contributed by atoms with van der Waals surface area (Å²) in [5.74, 6) is -0.0707. The molecule has 0 saturated heterocycles. The Bertz CT molecular complexity index is 1150. The lowest BCUT2D eigenvalue weighted by Gasteiger charge is -2.18. The standard InChI is InChI=1S/C25H23Cl2NO2/c1-13-14(2)16(4)23(17(5)15(13)3)25(30)18-6-8-21(9-7-18)28-12-19-10-20(26)11-22(27)24(19)29/h6-12,29H,1-5H3. The van der Waals surface area contributed by atoms with E-state index in [0.29, 0.717) is 21.8 Å². The molecule has 3 rings (SSSR count). The largest absolute Gasteiger partial charge is 0.506 e. The van der Waals surface area contributed by atoms with Gasteiger partial charge in [0.2, 0.25) is 0 Å². The van der Waals surface area contributed by atoms with E-state index in [1.807, 2.05) is 13.8 Å². The van der Waals surface area contributed by atoms with Crippen LogP contribution in [0.2, 0.25) is 10.0 Å². The number of rotatable bonds is 4. The molecule has 0 amide bonds. The number of carbonyl (C=O) groups is 1. The molecule has 0 atom stereocenters. The summed E-state index contributed by atoms with van der Waals surface area (Å²) >= 11 is 11.9. The summed E-state index contributed by atoms with van der Waals surface area (Å²) in [6, 6.07) is 10.1. The summed E-state index contributed by atoms with van der Waals surface area (Å²) in [5.41, 5.74) is 8.03. The number of halogens is 2. The SMILES string of the molecule is Cc1c(C)c(C)c(C(=O)c2ccc(N=Cc3cc(Cl)cc(Cl)c3O)cc2)c(C)c1C. The zero-order valence-electron chi connectivity index (χ0n) is 17.6. The average molecular weight is 440 g/mol. The number of aromatic hydroxyl groups is 1. The van der Waals surface area contributed by atoms with Crippen LogP contribution in [-0.4, -0.2) is 17.1 Å².